The van der Waals surface area contributed by atoms with Gasteiger partial charge in [-0.15, -0.1) is 0 Å². The molecular weight excluding hydrogens is 312 g/mol. The van der Waals surface area contributed by atoms with Crippen molar-refractivity contribution in [2.24, 2.45) is 0 Å². The van der Waals surface area contributed by atoms with Crippen molar-refractivity contribution in [1.29, 1.82) is 0 Å². The second-order valence-corrected chi connectivity index (χ2v) is 5.77. The average Bonchev–Trinajstić information content (AvgIpc) is 2.65. The highest BCUT2D eigenvalue weighted by Gasteiger charge is 2.08. The molecule has 2 heterocycles. The molecule has 0 saturated carbocycles. The molecule has 0 aliphatic rings. The van der Waals surface area contributed by atoms with Crippen LogP contribution in [-0.2, 0) is 19.4 Å². The molecule has 0 atom stereocenters. The van der Waals surface area contributed by atoms with Crippen LogP contribution < -0.4 is 5.56 Å². The molecule has 126 valence electrons. The minimum Gasteiger partial charge on any atom is -0.507 e. The van der Waals surface area contributed by atoms with Gasteiger partial charge < -0.3 is 9.67 Å². The highest BCUT2D eigenvalue weighted by atomic mass is 16.3. The SMILES string of the molecule is O=c1c(C/C=C/c2ccccc2)c(O)ccn1CCc1ccccn1. The van der Waals surface area contributed by atoms with Crippen LogP contribution >= 0.6 is 0 Å². The Morgan fingerprint density at radius 2 is 1.84 bits per heavy atom. The van der Waals surface area contributed by atoms with E-state index in [4.69, 9.17) is 0 Å². The number of allylic oxidation sites excluding steroid dienone is 1. The maximum Gasteiger partial charge on any atom is 0.257 e. The summed E-state index contributed by atoms with van der Waals surface area (Å²) in [6.45, 7) is 0.533. The van der Waals surface area contributed by atoms with Gasteiger partial charge in [-0.2, -0.15) is 0 Å². The van der Waals surface area contributed by atoms with Gasteiger partial charge in [0.15, 0.2) is 0 Å². The maximum absolute atomic E-state index is 12.6. The Labute approximate surface area is 146 Å². The lowest BCUT2D eigenvalue weighted by molar-refractivity contribution is 0.463. The zero-order chi connectivity index (χ0) is 17.5. The Bertz CT molecular complexity index is 900. The fourth-order valence-electron chi connectivity index (χ4n) is 2.64. The number of aromatic hydroxyl groups is 1. The van der Waals surface area contributed by atoms with Crippen molar-refractivity contribution in [3.63, 3.8) is 0 Å². The molecule has 0 radical (unpaired) electrons. The molecule has 25 heavy (non-hydrogen) atoms. The molecule has 0 spiro atoms. The Morgan fingerprint density at radius 3 is 2.60 bits per heavy atom. The maximum atomic E-state index is 12.6. The van der Waals surface area contributed by atoms with Crippen LogP contribution in [0, 0.1) is 0 Å². The fraction of sp³-hybridized carbons (Fsp3) is 0.143. The van der Waals surface area contributed by atoms with Crippen molar-refractivity contribution in [2.75, 3.05) is 0 Å². The van der Waals surface area contributed by atoms with E-state index >= 15 is 0 Å². The van der Waals surface area contributed by atoms with E-state index in [-0.39, 0.29) is 11.3 Å². The molecule has 0 bridgehead atoms. The van der Waals surface area contributed by atoms with Gasteiger partial charge in [-0.3, -0.25) is 9.78 Å². The third-order valence-electron chi connectivity index (χ3n) is 4.01. The van der Waals surface area contributed by atoms with E-state index in [2.05, 4.69) is 4.98 Å². The minimum absolute atomic E-state index is 0.0387. The van der Waals surface area contributed by atoms with E-state index < -0.39 is 0 Å². The predicted octanol–water partition coefficient (Wildman–Crippen LogP) is 3.45. The molecule has 0 amide bonds. The normalized spacial score (nSPS) is 11.0. The number of hydrogen-bond acceptors (Lipinski definition) is 3. The Balaban J connectivity index is 1.73. The van der Waals surface area contributed by atoms with Crippen LogP contribution in [0.2, 0.25) is 0 Å². The number of aromatic nitrogens is 2. The van der Waals surface area contributed by atoms with Crippen LogP contribution in [0.5, 0.6) is 5.75 Å². The van der Waals surface area contributed by atoms with Crippen LogP contribution in [-0.4, -0.2) is 14.7 Å². The summed E-state index contributed by atoms with van der Waals surface area (Å²) in [5.74, 6) is 0.0387. The molecule has 0 aliphatic heterocycles. The van der Waals surface area contributed by atoms with Gasteiger partial charge in [-0.1, -0.05) is 48.6 Å². The fourth-order valence-corrected chi connectivity index (χ4v) is 2.64. The first-order valence-electron chi connectivity index (χ1n) is 8.27. The Kier molecular flexibility index (Phi) is 5.42. The number of rotatable bonds is 6. The number of pyridine rings is 2. The van der Waals surface area contributed by atoms with Crippen LogP contribution in [0.3, 0.4) is 0 Å². The van der Waals surface area contributed by atoms with Crippen molar-refractivity contribution < 1.29 is 5.11 Å². The summed E-state index contributed by atoms with van der Waals surface area (Å²) in [6, 6.07) is 17.2. The molecule has 0 unspecified atom stereocenters. The van der Waals surface area contributed by atoms with Gasteiger partial charge in [0.25, 0.3) is 5.56 Å². The van der Waals surface area contributed by atoms with Crippen LogP contribution in [0.15, 0.2) is 77.9 Å². The first kappa shape index (κ1) is 16.7. The highest BCUT2D eigenvalue weighted by Crippen LogP contribution is 2.14. The molecule has 0 fully saturated rings. The molecule has 1 N–H and O–H groups in total. The van der Waals surface area contributed by atoms with Gasteiger partial charge in [-0.25, -0.2) is 0 Å². The molecule has 4 nitrogen and oxygen atoms in total. The van der Waals surface area contributed by atoms with Crippen LogP contribution in [0.1, 0.15) is 16.8 Å². The van der Waals surface area contributed by atoms with E-state index in [0.29, 0.717) is 24.9 Å². The molecule has 3 rings (SSSR count). The van der Waals surface area contributed by atoms with Crippen molar-refractivity contribution >= 4 is 6.08 Å². The lowest BCUT2D eigenvalue weighted by Crippen LogP contribution is -2.24. The molecule has 2 aromatic heterocycles. The van der Waals surface area contributed by atoms with Crippen molar-refractivity contribution in [3.8, 4) is 5.75 Å². The van der Waals surface area contributed by atoms with Gasteiger partial charge in [0.1, 0.15) is 5.75 Å². The number of benzene rings is 1. The number of hydrogen-bond donors (Lipinski definition) is 1. The van der Waals surface area contributed by atoms with Crippen molar-refractivity contribution in [1.82, 2.24) is 9.55 Å². The summed E-state index contributed by atoms with van der Waals surface area (Å²) in [5, 5.41) is 10.0. The second kappa shape index (κ2) is 8.11. The first-order chi connectivity index (χ1) is 12.2. The Morgan fingerprint density at radius 1 is 1.04 bits per heavy atom. The quantitative estimate of drug-likeness (QED) is 0.752. The van der Waals surface area contributed by atoms with E-state index in [1.165, 1.54) is 0 Å². The van der Waals surface area contributed by atoms with E-state index in [1.54, 1.807) is 23.0 Å². The second-order valence-electron chi connectivity index (χ2n) is 5.77. The van der Waals surface area contributed by atoms with Crippen LogP contribution in [0.4, 0.5) is 0 Å². The predicted molar refractivity (Wildman–Crippen MR) is 99.5 cm³/mol. The van der Waals surface area contributed by atoms with Crippen molar-refractivity contribution in [2.45, 2.75) is 19.4 Å². The molecular formula is C21H20N2O2. The van der Waals surface area contributed by atoms with Gasteiger partial charge >= 0.3 is 0 Å². The zero-order valence-electron chi connectivity index (χ0n) is 13.9. The van der Waals surface area contributed by atoms with Gasteiger partial charge in [-0.05, 0) is 30.2 Å². The summed E-state index contributed by atoms with van der Waals surface area (Å²) in [7, 11) is 0. The summed E-state index contributed by atoms with van der Waals surface area (Å²) < 4.78 is 1.63. The monoisotopic (exact) mass is 332 g/mol. The Hall–Kier alpha value is -3.14. The molecule has 4 heteroatoms. The third kappa shape index (κ3) is 4.44. The largest absolute Gasteiger partial charge is 0.507 e. The minimum atomic E-state index is -0.159. The summed E-state index contributed by atoms with van der Waals surface area (Å²) in [6.07, 6.45) is 8.29. The molecule has 0 saturated heterocycles. The highest BCUT2D eigenvalue weighted by molar-refractivity contribution is 5.49. The van der Waals surface area contributed by atoms with Gasteiger partial charge in [0, 0.05) is 31.1 Å². The van der Waals surface area contributed by atoms with Crippen LogP contribution in [0.25, 0.3) is 6.08 Å². The van der Waals surface area contributed by atoms with Gasteiger partial charge in [0.2, 0.25) is 0 Å². The standard InChI is InChI=1S/C21H20N2O2/c24-20-13-16-23(15-12-18-10-4-5-14-22-18)21(25)19(20)11-6-9-17-7-2-1-3-8-17/h1-10,13-14,16,24H,11-12,15H2/b9-6+. The third-order valence-corrected chi connectivity index (χ3v) is 4.01. The van der Waals surface area contributed by atoms with Crippen molar-refractivity contribution in [3.05, 3.63) is 100 Å². The number of nitrogens with zero attached hydrogens (tertiary/aromatic N) is 2. The van der Waals surface area contributed by atoms with E-state index in [0.717, 1.165) is 11.3 Å². The van der Waals surface area contributed by atoms with E-state index in [9.17, 15) is 9.90 Å². The molecule has 3 aromatic rings. The number of aryl methyl sites for hydroxylation is 2. The summed E-state index contributed by atoms with van der Waals surface area (Å²) >= 11 is 0. The lowest BCUT2D eigenvalue weighted by atomic mass is 10.1. The molecule has 0 aliphatic carbocycles. The summed E-state index contributed by atoms with van der Waals surface area (Å²) in [5.41, 5.74) is 2.26. The topological polar surface area (TPSA) is 55.1 Å². The smallest absolute Gasteiger partial charge is 0.257 e. The first-order valence-corrected chi connectivity index (χ1v) is 8.27. The van der Waals surface area contributed by atoms with E-state index in [1.807, 2.05) is 60.7 Å². The average molecular weight is 332 g/mol. The summed E-state index contributed by atoms with van der Waals surface area (Å²) in [4.78, 5) is 16.9. The zero-order valence-corrected chi connectivity index (χ0v) is 13.9. The molecule has 1 aromatic carbocycles. The van der Waals surface area contributed by atoms with Gasteiger partial charge in [0.05, 0.1) is 5.56 Å². The lowest BCUT2D eigenvalue weighted by Gasteiger charge is -2.09.